The van der Waals surface area contributed by atoms with Crippen LogP contribution >= 0.6 is 0 Å². The molecule has 0 spiro atoms. The summed E-state index contributed by atoms with van der Waals surface area (Å²) in [4.78, 5) is 0. The monoisotopic (exact) mass is 302 g/mol. The van der Waals surface area contributed by atoms with Crippen molar-refractivity contribution in [2.75, 3.05) is 0 Å². The van der Waals surface area contributed by atoms with E-state index in [9.17, 15) is 0 Å². The van der Waals surface area contributed by atoms with Crippen LogP contribution in [0.2, 0.25) is 0 Å². The Morgan fingerprint density at radius 1 is 0.667 bits per heavy atom. The fraction of sp³-hybridized carbons (Fsp3) is 0.800. The lowest BCUT2D eigenvalue weighted by molar-refractivity contribution is 0.316. The van der Waals surface area contributed by atoms with Gasteiger partial charge in [-0.15, -0.1) is 0 Å². The molecule has 2 rings (SSSR count). The molecule has 0 bridgehead atoms. The third-order valence-electron chi connectivity index (χ3n) is 6.90. The first-order valence-electron chi connectivity index (χ1n) is 8.26. The average molecular weight is 303 g/mol. The molecule has 0 radical (unpaired) electrons. The van der Waals surface area contributed by atoms with Gasteiger partial charge in [0.15, 0.2) is 0 Å². The van der Waals surface area contributed by atoms with Gasteiger partial charge in [0, 0.05) is 0 Å². The fourth-order valence-corrected chi connectivity index (χ4v) is 3.57. The Hall–Kier alpha value is 0.246. The Bertz CT molecular complexity index is 393. The quantitative estimate of drug-likeness (QED) is 0.388. The number of allylic oxidation sites excluding steroid dienone is 4. The van der Waals surface area contributed by atoms with Crippen molar-refractivity contribution in [1.29, 1.82) is 0 Å². The van der Waals surface area contributed by atoms with E-state index in [0.717, 1.165) is 11.8 Å². The van der Waals surface area contributed by atoms with E-state index >= 15 is 0 Å². The van der Waals surface area contributed by atoms with E-state index in [4.69, 9.17) is 0 Å². The standard InChI is InChI=1S/2C10H18.Mg.2H/c2*1-7-6-8(2)10(4,5)9(7)3;;;/h2*8H,6H2,1-5H3;;;. The molecule has 0 fully saturated rings. The van der Waals surface area contributed by atoms with Gasteiger partial charge in [0.2, 0.25) is 0 Å². The molecule has 0 aliphatic heterocycles. The van der Waals surface area contributed by atoms with Crippen LogP contribution in [0.3, 0.4) is 0 Å². The molecule has 1 heteroatoms. The molecule has 0 nitrogen and oxygen atoms in total. The number of rotatable bonds is 0. The fourth-order valence-electron chi connectivity index (χ4n) is 3.57. The second-order valence-electron chi connectivity index (χ2n) is 8.46. The van der Waals surface area contributed by atoms with Gasteiger partial charge in [0.05, 0.1) is 0 Å². The molecule has 0 amide bonds. The van der Waals surface area contributed by atoms with E-state index in [1.54, 1.807) is 22.3 Å². The molecule has 2 unspecified atom stereocenters. The van der Waals surface area contributed by atoms with Crippen LogP contribution in [0.1, 0.15) is 82.1 Å². The summed E-state index contributed by atoms with van der Waals surface area (Å²) in [5.74, 6) is 1.68. The van der Waals surface area contributed by atoms with Gasteiger partial charge in [-0.05, 0) is 63.2 Å². The third kappa shape index (κ3) is 4.16. The smallest absolute Gasteiger partial charge is 0.0736 e. The van der Waals surface area contributed by atoms with Gasteiger partial charge >= 0.3 is 23.1 Å². The highest BCUT2D eigenvalue weighted by Crippen LogP contribution is 2.46. The van der Waals surface area contributed by atoms with Crippen LogP contribution in [0.25, 0.3) is 0 Å². The first-order valence-corrected chi connectivity index (χ1v) is 8.26. The van der Waals surface area contributed by atoms with Gasteiger partial charge in [-0.1, -0.05) is 63.8 Å². The number of hydrogen-bond donors (Lipinski definition) is 0. The summed E-state index contributed by atoms with van der Waals surface area (Å²) in [5, 5.41) is 0. The van der Waals surface area contributed by atoms with Crippen molar-refractivity contribution in [2.24, 2.45) is 22.7 Å². The number of hydrogen-bond acceptors (Lipinski definition) is 0. The maximum Gasteiger partial charge on any atom is 0.316 e. The minimum atomic E-state index is 0. The van der Waals surface area contributed by atoms with Crippen LogP contribution in [0.4, 0.5) is 0 Å². The Morgan fingerprint density at radius 2 is 0.905 bits per heavy atom. The Labute approximate surface area is 150 Å². The highest BCUT2D eigenvalue weighted by molar-refractivity contribution is 5.75. The molecule has 0 saturated carbocycles. The second-order valence-corrected chi connectivity index (χ2v) is 8.46. The Balaban J connectivity index is 0.000000364. The van der Waals surface area contributed by atoms with E-state index in [-0.39, 0.29) is 23.1 Å². The predicted molar refractivity (Wildman–Crippen MR) is 100 cm³/mol. The molecule has 0 saturated heterocycles. The Kier molecular flexibility index (Phi) is 7.30. The predicted octanol–water partition coefficient (Wildman–Crippen LogP) is 5.86. The van der Waals surface area contributed by atoms with Crippen LogP contribution in [0.15, 0.2) is 22.3 Å². The molecule has 0 heterocycles. The van der Waals surface area contributed by atoms with Crippen molar-refractivity contribution in [2.45, 2.75) is 82.1 Å². The maximum atomic E-state index is 2.35. The van der Waals surface area contributed by atoms with Crippen LogP contribution in [-0.2, 0) is 0 Å². The van der Waals surface area contributed by atoms with Crippen LogP contribution in [0, 0.1) is 22.7 Å². The lowest BCUT2D eigenvalue weighted by atomic mass is 9.79. The van der Waals surface area contributed by atoms with Crippen molar-refractivity contribution in [1.82, 2.24) is 0 Å². The lowest BCUT2D eigenvalue weighted by Crippen LogP contribution is -2.16. The molecular formula is C20H38Mg. The van der Waals surface area contributed by atoms with E-state index in [1.165, 1.54) is 12.8 Å². The largest absolute Gasteiger partial charge is 0.316 e. The van der Waals surface area contributed by atoms with Crippen LogP contribution in [0.5, 0.6) is 0 Å². The molecule has 120 valence electrons. The lowest BCUT2D eigenvalue weighted by Gasteiger charge is -2.26. The normalized spacial score (nSPS) is 30.0. The first kappa shape index (κ1) is 21.2. The van der Waals surface area contributed by atoms with E-state index in [0.29, 0.717) is 10.8 Å². The summed E-state index contributed by atoms with van der Waals surface area (Å²) in [6.07, 6.45) is 2.61. The SMILES string of the molecule is CC1=C(C)C(C)(C)C(C)C1.CC1=C(C)C(C)(C)C(C)C1.[MgH2]. The van der Waals surface area contributed by atoms with Gasteiger partial charge in [-0.3, -0.25) is 0 Å². The third-order valence-corrected chi connectivity index (χ3v) is 6.90. The molecule has 0 aromatic heterocycles. The summed E-state index contributed by atoms with van der Waals surface area (Å²) in [5.41, 5.74) is 7.36. The first-order chi connectivity index (χ1) is 8.92. The minimum Gasteiger partial charge on any atom is -0.0736 e. The van der Waals surface area contributed by atoms with Crippen molar-refractivity contribution in [3.63, 3.8) is 0 Å². The van der Waals surface area contributed by atoms with Gasteiger partial charge in [0.25, 0.3) is 0 Å². The van der Waals surface area contributed by atoms with Crippen molar-refractivity contribution in [3.05, 3.63) is 22.3 Å². The maximum absolute atomic E-state index is 2.35. The van der Waals surface area contributed by atoms with Gasteiger partial charge in [0.1, 0.15) is 0 Å². The van der Waals surface area contributed by atoms with Gasteiger partial charge < -0.3 is 0 Å². The van der Waals surface area contributed by atoms with E-state index in [1.807, 2.05) is 0 Å². The average Bonchev–Trinajstić information content (AvgIpc) is 2.62. The van der Waals surface area contributed by atoms with Crippen LogP contribution < -0.4 is 0 Å². The van der Waals surface area contributed by atoms with Gasteiger partial charge in [-0.25, -0.2) is 0 Å². The summed E-state index contributed by atoms with van der Waals surface area (Å²) in [6, 6.07) is 0. The molecule has 0 aromatic rings. The molecule has 0 N–H and O–H groups in total. The molecule has 2 aliphatic rings. The zero-order valence-corrected chi connectivity index (χ0v) is 15.6. The van der Waals surface area contributed by atoms with Crippen molar-refractivity contribution >= 4 is 23.1 Å². The Morgan fingerprint density at radius 3 is 0.952 bits per heavy atom. The topological polar surface area (TPSA) is 0 Å². The van der Waals surface area contributed by atoms with Crippen molar-refractivity contribution < 1.29 is 0 Å². The van der Waals surface area contributed by atoms with Gasteiger partial charge in [-0.2, -0.15) is 0 Å². The summed E-state index contributed by atoms with van der Waals surface area (Å²) < 4.78 is 0. The zero-order chi connectivity index (χ0) is 15.9. The van der Waals surface area contributed by atoms with Crippen LogP contribution in [-0.4, -0.2) is 23.1 Å². The minimum absolute atomic E-state index is 0. The highest BCUT2D eigenvalue weighted by Gasteiger charge is 2.34. The molecule has 2 aliphatic carbocycles. The highest BCUT2D eigenvalue weighted by atomic mass is 24.3. The molecule has 21 heavy (non-hydrogen) atoms. The summed E-state index contributed by atoms with van der Waals surface area (Å²) in [6.45, 7) is 23.2. The zero-order valence-electron chi connectivity index (χ0n) is 15.6. The van der Waals surface area contributed by atoms with E-state index in [2.05, 4.69) is 69.2 Å². The van der Waals surface area contributed by atoms with E-state index < -0.39 is 0 Å². The molecule has 2 atom stereocenters. The molecule has 0 aromatic carbocycles. The summed E-state index contributed by atoms with van der Waals surface area (Å²) >= 11 is 0. The molecular weight excluding hydrogens is 265 g/mol. The summed E-state index contributed by atoms with van der Waals surface area (Å²) in [7, 11) is 0. The van der Waals surface area contributed by atoms with Crippen molar-refractivity contribution in [3.8, 4) is 0 Å². The second kappa shape index (κ2) is 7.21.